The van der Waals surface area contributed by atoms with Crippen LogP contribution in [-0.2, 0) is 23.9 Å². The number of nitrogens with two attached hydrogens (primary N) is 1. The van der Waals surface area contributed by atoms with Gasteiger partial charge in [-0.15, -0.1) is 0 Å². The van der Waals surface area contributed by atoms with Gasteiger partial charge in [-0.1, -0.05) is 41.5 Å². The van der Waals surface area contributed by atoms with Crippen LogP contribution in [0.3, 0.4) is 0 Å². The Morgan fingerprint density at radius 2 is 1.12 bits per heavy atom. The molecule has 2 unspecified atom stereocenters. The molecule has 280 valence electrons. The second kappa shape index (κ2) is 19.0. The standard InChI is InChI=1S/C18H33N3O4.C18H31N3O3/c1-7-12-8-9-14(15(19)22)21(12)16(23)13(10-11(2)3)20-17(24)25-18(4,5)6;1-7-13-8-9-14(11-19)21(13)16(22)15(10-12(2)3)20-17(23)24-18(4,5)6/h11-14H,7-10H2,1-6H3,(H2,19,22)(H,20,24);12-15H,7-10H2,1-6H3,(H,20,23)/t12?,13-,14-;13-,14?,15-/m00/s1. The fourth-order valence-corrected chi connectivity index (χ4v) is 6.29. The fourth-order valence-electron chi connectivity index (χ4n) is 6.29. The van der Waals surface area contributed by atoms with Crippen molar-refractivity contribution in [2.24, 2.45) is 17.6 Å². The minimum absolute atomic E-state index is 0.0277. The first kappa shape index (κ1) is 43.5. The molecule has 49 heavy (non-hydrogen) atoms. The van der Waals surface area contributed by atoms with Crippen LogP contribution >= 0.6 is 0 Å². The molecule has 0 aliphatic carbocycles. The third-order valence-electron chi connectivity index (χ3n) is 8.33. The summed E-state index contributed by atoms with van der Waals surface area (Å²) in [5.74, 6) is -0.501. The maximum atomic E-state index is 13.1. The number of alkyl carbamates (subject to hydrolysis) is 2. The molecule has 4 N–H and O–H groups in total. The lowest BCUT2D eigenvalue weighted by Gasteiger charge is -2.33. The highest BCUT2D eigenvalue weighted by atomic mass is 16.6. The molecule has 13 nitrogen and oxygen atoms in total. The monoisotopic (exact) mass is 692 g/mol. The van der Waals surface area contributed by atoms with Crippen LogP contribution in [0.1, 0.15) is 134 Å². The zero-order valence-corrected chi connectivity index (χ0v) is 32.1. The average molecular weight is 693 g/mol. The van der Waals surface area contributed by atoms with Crippen molar-refractivity contribution in [2.75, 3.05) is 0 Å². The van der Waals surface area contributed by atoms with Crippen molar-refractivity contribution >= 4 is 29.9 Å². The Morgan fingerprint density at radius 1 is 0.735 bits per heavy atom. The van der Waals surface area contributed by atoms with Crippen LogP contribution in [0.4, 0.5) is 9.59 Å². The van der Waals surface area contributed by atoms with E-state index in [1.165, 1.54) is 0 Å². The van der Waals surface area contributed by atoms with Crippen molar-refractivity contribution < 1.29 is 33.4 Å². The lowest BCUT2D eigenvalue weighted by atomic mass is 10.0. The summed E-state index contributed by atoms with van der Waals surface area (Å²) in [5, 5.41) is 14.7. The van der Waals surface area contributed by atoms with Gasteiger partial charge < -0.3 is 35.6 Å². The van der Waals surface area contributed by atoms with Crippen LogP contribution in [0.5, 0.6) is 0 Å². The summed E-state index contributed by atoms with van der Waals surface area (Å²) in [7, 11) is 0. The number of nitrogens with one attached hydrogen (secondary N) is 2. The summed E-state index contributed by atoms with van der Waals surface area (Å²) in [4.78, 5) is 65.4. The molecule has 0 bridgehead atoms. The third-order valence-corrected chi connectivity index (χ3v) is 8.33. The third kappa shape index (κ3) is 14.4. The predicted molar refractivity (Wildman–Crippen MR) is 188 cm³/mol. The summed E-state index contributed by atoms with van der Waals surface area (Å²) in [6.07, 6.45) is 4.16. The number of carbonyl (C=O) groups is 5. The quantitative estimate of drug-likeness (QED) is 0.257. The lowest BCUT2D eigenvalue weighted by Crippen LogP contribution is -2.55. The van der Waals surface area contributed by atoms with Gasteiger partial charge in [0.15, 0.2) is 0 Å². The minimum atomic E-state index is -0.733. The Hall–Kier alpha value is -3.56. The fraction of sp³-hybridized carbons (Fsp3) is 0.833. The number of carbonyl (C=O) groups excluding carboxylic acids is 5. The van der Waals surface area contributed by atoms with E-state index in [1.807, 2.05) is 41.5 Å². The van der Waals surface area contributed by atoms with E-state index in [0.29, 0.717) is 25.7 Å². The van der Waals surface area contributed by atoms with Gasteiger partial charge in [0, 0.05) is 12.1 Å². The maximum Gasteiger partial charge on any atom is 0.408 e. The van der Waals surface area contributed by atoms with Gasteiger partial charge in [0.05, 0.1) is 6.07 Å². The van der Waals surface area contributed by atoms with Crippen LogP contribution in [0.2, 0.25) is 0 Å². The maximum absolute atomic E-state index is 13.1. The molecule has 2 rings (SSSR count). The average Bonchev–Trinajstić information content (AvgIpc) is 3.57. The van der Waals surface area contributed by atoms with Crippen molar-refractivity contribution in [1.82, 2.24) is 20.4 Å². The molecule has 0 aromatic rings. The van der Waals surface area contributed by atoms with E-state index in [4.69, 9.17) is 15.2 Å². The topological polar surface area (TPSA) is 184 Å². The zero-order valence-electron chi connectivity index (χ0n) is 32.1. The van der Waals surface area contributed by atoms with E-state index in [-0.39, 0.29) is 35.7 Å². The van der Waals surface area contributed by atoms with Crippen molar-refractivity contribution in [2.45, 2.75) is 182 Å². The molecule has 0 aromatic carbocycles. The van der Waals surface area contributed by atoms with Crippen LogP contribution < -0.4 is 16.4 Å². The van der Waals surface area contributed by atoms with Crippen LogP contribution in [-0.4, -0.2) is 87.2 Å². The van der Waals surface area contributed by atoms with Gasteiger partial charge in [-0.25, -0.2) is 9.59 Å². The SMILES string of the molecule is CCC1CC[C@@H](C(N)=O)N1C(=O)[C@H](CC(C)C)NC(=O)OC(C)(C)C.CC[C@H]1CCC(C#N)N1C(=O)[C@H](CC(C)C)NC(=O)OC(C)(C)C. The van der Waals surface area contributed by atoms with Crippen LogP contribution in [0, 0.1) is 23.2 Å². The molecule has 13 heteroatoms. The number of rotatable bonds is 11. The van der Waals surface area contributed by atoms with Crippen LogP contribution in [0.15, 0.2) is 0 Å². The number of likely N-dealkylation sites (tertiary alicyclic amines) is 2. The van der Waals surface area contributed by atoms with Crippen molar-refractivity contribution in [1.29, 1.82) is 5.26 Å². The molecule has 0 spiro atoms. The second-order valence-corrected chi connectivity index (χ2v) is 16.0. The zero-order chi connectivity index (χ0) is 37.9. The number of nitrogens with zero attached hydrogens (tertiary/aromatic N) is 3. The van der Waals surface area contributed by atoms with Crippen molar-refractivity contribution in [3.8, 4) is 6.07 Å². The molecule has 2 heterocycles. The van der Waals surface area contributed by atoms with Gasteiger partial charge >= 0.3 is 12.2 Å². The molecular formula is C36H64N6O7. The predicted octanol–water partition coefficient (Wildman–Crippen LogP) is 5.40. The van der Waals surface area contributed by atoms with Crippen molar-refractivity contribution in [3.63, 3.8) is 0 Å². The Bertz CT molecular complexity index is 1170. The molecule has 0 saturated carbocycles. The molecular weight excluding hydrogens is 628 g/mol. The number of amides is 5. The van der Waals surface area contributed by atoms with E-state index < -0.39 is 53.5 Å². The van der Waals surface area contributed by atoms with Crippen molar-refractivity contribution in [3.05, 3.63) is 0 Å². The van der Waals surface area contributed by atoms with Crippen LogP contribution in [0.25, 0.3) is 0 Å². The van der Waals surface area contributed by atoms with Gasteiger partial charge in [-0.05, 0) is 105 Å². The molecule has 2 aliphatic heterocycles. The number of hydrogen-bond acceptors (Lipinski definition) is 8. The molecule has 0 aromatic heterocycles. The van der Waals surface area contributed by atoms with E-state index in [1.54, 1.807) is 51.3 Å². The van der Waals surface area contributed by atoms with Gasteiger partial charge in [-0.3, -0.25) is 14.4 Å². The number of nitriles is 1. The van der Waals surface area contributed by atoms with E-state index >= 15 is 0 Å². The first-order valence-electron chi connectivity index (χ1n) is 17.9. The van der Waals surface area contributed by atoms with E-state index in [2.05, 4.69) is 16.7 Å². The number of hydrogen-bond donors (Lipinski definition) is 3. The van der Waals surface area contributed by atoms with E-state index in [9.17, 15) is 29.2 Å². The number of primary amides is 1. The summed E-state index contributed by atoms with van der Waals surface area (Å²) >= 11 is 0. The first-order valence-corrected chi connectivity index (χ1v) is 17.9. The number of ether oxygens (including phenoxy) is 2. The minimum Gasteiger partial charge on any atom is -0.444 e. The Balaban J connectivity index is 0.000000490. The first-order chi connectivity index (χ1) is 22.5. The highest BCUT2D eigenvalue weighted by Crippen LogP contribution is 2.29. The largest absolute Gasteiger partial charge is 0.444 e. The Kier molecular flexibility index (Phi) is 16.9. The summed E-state index contributed by atoms with van der Waals surface area (Å²) in [5.41, 5.74) is 4.22. The van der Waals surface area contributed by atoms with Gasteiger partial charge in [-0.2, -0.15) is 5.26 Å². The van der Waals surface area contributed by atoms with Gasteiger partial charge in [0.1, 0.15) is 35.4 Å². The van der Waals surface area contributed by atoms with Gasteiger partial charge in [0.25, 0.3) is 0 Å². The van der Waals surface area contributed by atoms with Gasteiger partial charge in [0.2, 0.25) is 17.7 Å². The molecule has 2 aliphatic rings. The summed E-state index contributed by atoms with van der Waals surface area (Å²) in [6, 6.07) is -0.146. The Labute approximate surface area is 294 Å². The molecule has 0 radical (unpaired) electrons. The highest BCUT2D eigenvalue weighted by molar-refractivity contribution is 5.91. The highest BCUT2D eigenvalue weighted by Gasteiger charge is 2.42. The molecule has 2 fully saturated rings. The summed E-state index contributed by atoms with van der Waals surface area (Å²) in [6.45, 7) is 22.6. The second-order valence-electron chi connectivity index (χ2n) is 16.0. The normalized spacial score (nSPS) is 22.1. The molecule has 6 atom stereocenters. The smallest absolute Gasteiger partial charge is 0.408 e. The lowest BCUT2D eigenvalue weighted by molar-refractivity contribution is -0.141. The Morgan fingerprint density at radius 3 is 1.47 bits per heavy atom. The summed E-state index contributed by atoms with van der Waals surface area (Å²) < 4.78 is 10.6. The van der Waals surface area contributed by atoms with E-state index in [0.717, 1.165) is 25.7 Å². The molecule has 5 amide bonds. The molecule has 2 saturated heterocycles.